The largest absolute Gasteiger partial charge is 0.242 e. The third-order valence-electron chi connectivity index (χ3n) is 18.4. The summed E-state index contributed by atoms with van der Waals surface area (Å²) in [6, 6.07) is 85.2. The molecule has 0 saturated carbocycles. The van der Waals surface area contributed by atoms with E-state index in [1.54, 1.807) is 47.7 Å². The second-order valence-corrected chi connectivity index (χ2v) is 23.9. The summed E-state index contributed by atoms with van der Waals surface area (Å²) in [5.41, 5.74) is 15.0. The van der Waals surface area contributed by atoms with Gasteiger partial charge in [-0.25, -0.2) is 36.3 Å². The standard InChI is InChI=1S/C80H44F6N2S/c81-51-41-65(83)69(66(84)42-51)45-35-37-53-59(39-45)60-40-46(70-67(85)43-52(82)44-68(70)86)36-38-54(60)74-73(53)87-75-76(88-74)78(58-30-18-34-64-72(58)56-28-14-16-32-62(56)80(64,49-23-9-3-10-24-49)50-25-11-4-12-26-50)89-77(75)57-29-17-33-63-71(57)55-27-13-15-31-61(55)79(63,47-19-5-1-6-20-47)48-21-7-2-8-22-48/h1-44H. The smallest absolute Gasteiger partial charge is 0.136 e. The Morgan fingerprint density at radius 3 is 0.933 bits per heavy atom. The quantitative estimate of drug-likeness (QED) is 0.112. The van der Waals surface area contributed by atoms with Crippen LogP contribution in [0.1, 0.15) is 44.5 Å². The molecule has 2 aliphatic carbocycles. The first-order valence-electron chi connectivity index (χ1n) is 29.3. The molecule has 13 aromatic carbocycles. The number of thiophene rings is 1. The van der Waals surface area contributed by atoms with Crippen LogP contribution >= 0.6 is 11.3 Å². The summed E-state index contributed by atoms with van der Waals surface area (Å²) in [7, 11) is 0. The van der Waals surface area contributed by atoms with E-state index in [1.807, 2.05) is 24.3 Å². The van der Waals surface area contributed by atoms with Gasteiger partial charge in [0.05, 0.1) is 42.7 Å². The van der Waals surface area contributed by atoms with Crippen molar-refractivity contribution in [2.75, 3.05) is 0 Å². The van der Waals surface area contributed by atoms with Gasteiger partial charge < -0.3 is 0 Å². The van der Waals surface area contributed by atoms with E-state index in [1.165, 1.54) is 0 Å². The van der Waals surface area contributed by atoms with Crippen LogP contribution < -0.4 is 0 Å². The van der Waals surface area contributed by atoms with Gasteiger partial charge in [0.2, 0.25) is 0 Å². The zero-order valence-corrected chi connectivity index (χ0v) is 47.8. The Labute approximate surface area is 511 Å². The average molecular weight is 1180 g/mol. The molecule has 0 aliphatic heterocycles. The lowest BCUT2D eigenvalue weighted by Gasteiger charge is -2.34. The van der Waals surface area contributed by atoms with E-state index in [4.69, 9.17) is 9.97 Å². The summed E-state index contributed by atoms with van der Waals surface area (Å²) in [5.74, 6) is -6.59. The molecular formula is C80H44F6N2S. The van der Waals surface area contributed by atoms with Gasteiger partial charge in [-0.2, -0.15) is 0 Å². The lowest BCUT2D eigenvalue weighted by molar-refractivity contribution is 0.547. The van der Waals surface area contributed by atoms with Crippen LogP contribution in [0.5, 0.6) is 0 Å². The summed E-state index contributed by atoms with van der Waals surface area (Å²) < 4.78 is 92.6. The molecule has 0 unspecified atom stereocenters. The van der Waals surface area contributed by atoms with Crippen molar-refractivity contribution < 1.29 is 26.3 Å². The average Bonchev–Trinajstić information content (AvgIpc) is 1.57. The first-order chi connectivity index (χ1) is 43.6. The zero-order chi connectivity index (χ0) is 59.9. The normalized spacial score (nSPS) is 13.5. The molecule has 422 valence electrons. The summed E-state index contributed by atoms with van der Waals surface area (Å²) in [4.78, 5) is 13.4. The molecule has 2 heterocycles. The molecule has 15 aromatic rings. The van der Waals surface area contributed by atoms with Gasteiger partial charge in [0.1, 0.15) is 45.9 Å². The summed E-state index contributed by atoms with van der Waals surface area (Å²) in [5, 5.41) is 1.88. The Morgan fingerprint density at radius 2 is 0.573 bits per heavy atom. The van der Waals surface area contributed by atoms with Gasteiger partial charge in [0.15, 0.2) is 0 Å². The van der Waals surface area contributed by atoms with Gasteiger partial charge in [-0.15, -0.1) is 11.3 Å². The van der Waals surface area contributed by atoms with Crippen molar-refractivity contribution in [1.82, 2.24) is 9.97 Å². The number of benzene rings is 13. The molecule has 0 N–H and O–H groups in total. The first kappa shape index (κ1) is 52.6. The molecule has 0 bridgehead atoms. The van der Waals surface area contributed by atoms with Crippen molar-refractivity contribution in [2.24, 2.45) is 0 Å². The monoisotopic (exact) mass is 1180 g/mol. The number of hydrogen-bond donors (Lipinski definition) is 0. The van der Waals surface area contributed by atoms with Crippen LogP contribution in [0.2, 0.25) is 0 Å². The number of nitrogens with zero attached hydrogens (tertiary/aromatic N) is 2. The molecule has 0 fully saturated rings. The maximum Gasteiger partial charge on any atom is 0.136 e. The number of halogens is 6. The van der Waals surface area contributed by atoms with Gasteiger partial charge in [0.25, 0.3) is 0 Å². The van der Waals surface area contributed by atoms with E-state index in [9.17, 15) is 8.78 Å². The molecule has 9 heteroatoms. The van der Waals surface area contributed by atoms with E-state index >= 15 is 17.6 Å². The molecular weight excluding hydrogens is 1130 g/mol. The van der Waals surface area contributed by atoms with Crippen LogP contribution in [0.4, 0.5) is 26.3 Å². The van der Waals surface area contributed by atoms with Gasteiger partial charge in [0, 0.05) is 46.2 Å². The van der Waals surface area contributed by atoms with Crippen molar-refractivity contribution in [3.63, 3.8) is 0 Å². The van der Waals surface area contributed by atoms with Crippen LogP contribution in [0.15, 0.2) is 267 Å². The predicted octanol–water partition coefficient (Wildman–Crippen LogP) is 21.4. The van der Waals surface area contributed by atoms with Crippen LogP contribution in [0.25, 0.3) is 109 Å². The minimum atomic E-state index is -1.11. The molecule has 89 heavy (non-hydrogen) atoms. The van der Waals surface area contributed by atoms with E-state index in [-0.39, 0.29) is 11.1 Å². The second kappa shape index (κ2) is 19.9. The van der Waals surface area contributed by atoms with Crippen molar-refractivity contribution >= 4 is 54.9 Å². The van der Waals surface area contributed by atoms with Crippen molar-refractivity contribution in [2.45, 2.75) is 10.8 Å². The van der Waals surface area contributed by atoms with Gasteiger partial charge in [-0.05, 0) is 101 Å². The van der Waals surface area contributed by atoms with Crippen LogP contribution in [-0.4, -0.2) is 9.97 Å². The molecule has 2 aromatic heterocycles. The van der Waals surface area contributed by atoms with Crippen LogP contribution in [-0.2, 0) is 10.8 Å². The lowest BCUT2D eigenvalue weighted by atomic mass is 9.67. The summed E-state index contributed by atoms with van der Waals surface area (Å²) in [6.07, 6.45) is 0. The molecule has 2 aliphatic rings. The second-order valence-electron chi connectivity index (χ2n) is 22.9. The SMILES string of the molecule is Fc1cc(F)c(-c2ccc3c(c2)c2cc(-c4c(F)cc(F)cc4F)ccc2c2nc4c(-c5cccc6c5-c5ccccc5C6(c5ccccc5)c5ccccc5)sc(-c5cccc6c5-c5ccccc5C6(c5ccccc5)c5ccccc5)c4nc32)c(F)c1. The lowest BCUT2D eigenvalue weighted by Crippen LogP contribution is -2.28. The Kier molecular flexibility index (Phi) is 11.8. The van der Waals surface area contributed by atoms with Gasteiger partial charge in [-0.3, -0.25) is 0 Å². The Balaban J connectivity index is 1.02. The zero-order valence-electron chi connectivity index (χ0n) is 47.0. The summed E-state index contributed by atoms with van der Waals surface area (Å²) in [6.45, 7) is 0. The maximum absolute atomic E-state index is 15.9. The molecule has 0 atom stereocenters. The van der Waals surface area contributed by atoms with Crippen molar-refractivity contribution in [3.8, 4) is 65.4 Å². The number of fused-ring (bicyclic) bond motifs is 13. The molecule has 0 spiro atoms. The van der Waals surface area contributed by atoms with Crippen LogP contribution in [0, 0.1) is 34.9 Å². The summed E-state index contributed by atoms with van der Waals surface area (Å²) >= 11 is 1.62. The highest BCUT2D eigenvalue weighted by molar-refractivity contribution is 7.21. The Hall–Kier alpha value is -10.7. The van der Waals surface area contributed by atoms with Crippen LogP contribution in [0.3, 0.4) is 0 Å². The maximum atomic E-state index is 15.9. The molecule has 2 nitrogen and oxygen atoms in total. The molecule has 0 saturated heterocycles. The predicted molar refractivity (Wildman–Crippen MR) is 346 cm³/mol. The van der Waals surface area contributed by atoms with Gasteiger partial charge in [-0.1, -0.05) is 231 Å². The fourth-order valence-electron chi connectivity index (χ4n) is 15.0. The highest BCUT2D eigenvalue weighted by atomic mass is 32.1. The van der Waals surface area contributed by atoms with E-state index in [0.717, 1.165) is 87.6 Å². The number of rotatable bonds is 8. The highest BCUT2D eigenvalue weighted by Gasteiger charge is 2.49. The molecule has 17 rings (SSSR count). The topological polar surface area (TPSA) is 25.8 Å². The van der Waals surface area contributed by atoms with Crippen molar-refractivity contribution in [3.05, 3.63) is 346 Å². The third-order valence-corrected chi connectivity index (χ3v) is 19.6. The fourth-order valence-corrected chi connectivity index (χ4v) is 16.2. The highest BCUT2D eigenvalue weighted by Crippen LogP contribution is 2.62. The number of hydrogen-bond acceptors (Lipinski definition) is 3. The number of aromatic nitrogens is 2. The van der Waals surface area contributed by atoms with E-state index < -0.39 is 56.9 Å². The first-order valence-corrected chi connectivity index (χ1v) is 30.1. The van der Waals surface area contributed by atoms with E-state index in [0.29, 0.717) is 67.9 Å². The molecule has 0 amide bonds. The van der Waals surface area contributed by atoms with Gasteiger partial charge >= 0.3 is 0 Å². The Bertz CT molecular complexity index is 4990. The Morgan fingerprint density at radius 1 is 0.258 bits per heavy atom. The van der Waals surface area contributed by atoms with E-state index in [2.05, 4.69) is 182 Å². The minimum absolute atomic E-state index is 0.0874. The third kappa shape index (κ3) is 7.52. The minimum Gasteiger partial charge on any atom is -0.242 e. The van der Waals surface area contributed by atoms with Crippen molar-refractivity contribution in [1.29, 1.82) is 0 Å². The molecule has 0 radical (unpaired) electrons. The fraction of sp³-hybridized carbons (Fsp3) is 0.0250.